The molecule has 0 atom stereocenters. The van der Waals surface area contributed by atoms with Gasteiger partial charge in [0, 0.05) is 10.7 Å². The number of halogens is 2. The van der Waals surface area contributed by atoms with Gasteiger partial charge < -0.3 is 0 Å². The van der Waals surface area contributed by atoms with Crippen LogP contribution in [0.3, 0.4) is 0 Å². The highest BCUT2D eigenvalue weighted by atomic mass is 79.9. The lowest BCUT2D eigenvalue weighted by Crippen LogP contribution is -2.00. The summed E-state index contributed by atoms with van der Waals surface area (Å²) in [5.74, 6) is 1.08. The third-order valence-electron chi connectivity index (χ3n) is 2.21. The summed E-state index contributed by atoms with van der Waals surface area (Å²) < 4.78 is 2.58. The van der Waals surface area contributed by atoms with E-state index in [1.807, 2.05) is 18.2 Å². The lowest BCUT2D eigenvalue weighted by molar-refractivity contribution is 0.758. The molecule has 0 N–H and O–H groups in total. The number of hydrogen-bond acceptors (Lipinski definition) is 2. The molecule has 5 heteroatoms. The SMILES string of the molecule is CC(C)c1cc(Cl)n(-c2ccc(Br)cn2)n1. The molecule has 0 aliphatic heterocycles. The smallest absolute Gasteiger partial charge is 0.155 e. The molecule has 0 aliphatic rings. The Morgan fingerprint density at radius 1 is 1.38 bits per heavy atom. The fourth-order valence-electron chi connectivity index (χ4n) is 1.31. The summed E-state index contributed by atoms with van der Waals surface area (Å²) in [6.07, 6.45) is 1.72. The summed E-state index contributed by atoms with van der Waals surface area (Å²) in [7, 11) is 0. The molecule has 3 nitrogen and oxygen atoms in total. The predicted molar refractivity (Wildman–Crippen MR) is 68.2 cm³/mol. The zero-order valence-corrected chi connectivity index (χ0v) is 11.3. The fraction of sp³-hybridized carbons (Fsp3) is 0.273. The quantitative estimate of drug-likeness (QED) is 0.844. The van der Waals surface area contributed by atoms with Gasteiger partial charge in [-0.25, -0.2) is 9.67 Å². The molecule has 2 aromatic heterocycles. The van der Waals surface area contributed by atoms with Crippen molar-refractivity contribution in [1.82, 2.24) is 14.8 Å². The van der Waals surface area contributed by atoms with Crippen LogP contribution in [0, 0.1) is 0 Å². The molecule has 0 saturated heterocycles. The number of hydrogen-bond donors (Lipinski definition) is 0. The highest BCUT2D eigenvalue weighted by Gasteiger charge is 2.10. The van der Waals surface area contributed by atoms with Crippen molar-refractivity contribution in [2.75, 3.05) is 0 Å². The first-order valence-corrected chi connectivity index (χ1v) is 6.12. The minimum absolute atomic E-state index is 0.356. The Morgan fingerprint density at radius 2 is 2.12 bits per heavy atom. The van der Waals surface area contributed by atoms with Crippen molar-refractivity contribution in [1.29, 1.82) is 0 Å². The second kappa shape index (κ2) is 4.55. The number of pyridine rings is 1. The Hall–Kier alpha value is -0.870. The van der Waals surface area contributed by atoms with E-state index in [0.29, 0.717) is 11.1 Å². The second-order valence-electron chi connectivity index (χ2n) is 3.79. The number of rotatable bonds is 2. The average molecular weight is 301 g/mol. The topological polar surface area (TPSA) is 30.7 Å². The van der Waals surface area contributed by atoms with E-state index in [9.17, 15) is 0 Å². The summed E-state index contributed by atoms with van der Waals surface area (Å²) >= 11 is 9.45. The van der Waals surface area contributed by atoms with E-state index in [4.69, 9.17) is 11.6 Å². The lowest BCUT2D eigenvalue weighted by Gasteiger charge is -2.02. The van der Waals surface area contributed by atoms with Crippen molar-refractivity contribution in [3.63, 3.8) is 0 Å². The molecule has 0 amide bonds. The number of aromatic nitrogens is 3. The van der Waals surface area contributed by atoms with Crippen molar-refractivity contribution >= 4 is 27.5 Å². The molecule has 0 spiro atoms. The van der Waals surface area contributed by atoms with Crippen molar-refractivity contribution in [2.45, 2.75) is 19.8 Å². The van der Waals surface area contributed by atoms with E-state index in [1.54, 1.807) is 10.9 Å². The van der Waals surface area contributed by atoms with Gasteiger partial charge in [0.2, 0.25) is 0 Å². The maximum atomic E-state index is 6.11. The molecule has 16 heavy (non-hydrogen) atoms. The maximum Gasteiger partial charge on any atom is 0.155 e. The first kappa shape index (κ1) is 11.6. The van der Waals surface area contributed by atoms with Crippen LogP contribution in [0.5, 0.6) is 0 Å². The minimum Gasteiger partial charge on any atom is -0.236 e. The zero-order chi connectivity index (χ0) is 11.7. The second-order valence-corrected chi connectivity index (χ2v) is 5.10. The average Bonchev–Trinajstić information content (AvgIpc) is 2.62. The molecule has 0 saturated carbocycles. The van der Waals surface area contributed by atoms with Crippen LogP contribution in [-0.2, 0) is 0 Å². The van der Waals surface area contributed by atoms with Gasteiger partial charge in [0.15, 0.2) is 5.82 Å². The van der Waals surface area contributed by atoms with E-state index in [0.717, 1.165) is 16.0 Å². The molecule has 0 bridgehead atoms. The lowest BCUT2D eigenvalue weighted by atomic mass is 10.1. The third-order valence-corrected chi connectivity index (χ3v) is 2.94. The summed E-state index contributed by atoms with van der Waals surface area (Å²) in [5, 5.41) is 5.00. The van der Waals surface area contributed by atoms with Crippen LogP contribution < -0.4 is 0 Å². The van der Waals surface area contributed by atoms with Crippen molar-refractivity contribution in [3.05, 3.63) is 39.7 Å². The molecule has 0 fully saturated rings. The molecule has 2 heterocycles. The molecule has 84 valence electrons. The molecule has 2 aromatic rings. The van der Waals surface area contributed by atoms with Gasteiger partial charge in [0.25, 0.3) is 0 Å². The third kappa shape index (κ3) is 2.28. The summed E-state index contributed by atoms with van der Waals surface area (Å²) in [5.41, 5.74) is 0.967. The summed E-state index contributed by atoms with van der Waals surface area (Å²) in [6.45, 7) is 4.16. The van der Waals surface area contributed by atoms with E-state index in [2.05, 4.69) is 39.9 Å². The van der Waals surface area contributed by atoms with E-state index < -0.39 is 0 Å². The predicted octanol–water partition coefficient (Wildman–Crippen LogP) is 3.81. The largest absolute Gasteiger partial charge is 0.236 e. The van der Waals surface area contributed by atoms with Crippen molar-refractivity contribution in [2.24, 2.45) is 0 Å². The molecule has 0 radical (unpaired) electrons. The fourth-order valence-corrected chi connectivity index (χ4v) is 1.78. The Kier molecular flexibility index (Phi) is 3.30. The minimum atomic E-state index is 0.356. The van der Waals surface area contributed by atoms with E-state index in [-0.39, 0.29) is 0 Å². The van der Waals surface area contributed by atoms with Gasteiger partial charge in [0.1, 0.15) is 5.15 Å². The van der Waals surface area contributed by atoms with Crippen LogP contribution in [0.4, 0.5) is 0 Å². The zero-order valence-electron chi connectivity index (χ0n) is 8.98. The van der Waals surface area contributed by atoms with Gasteiger partial charge in [-0.2, -0.15) is 5.10 Å². The highest BCUT2D eigenvalue weighted by molar-refractivity contribution is 9.10. The maximum absolute atomic E-state index is 6.11. The van der Waals surface area contributed by atoms with Gasteiger partial charge in [-0.15, -0.1) is 0 Å². The monoisotopic (exact) mass is 299 g/mol. The van der Waals surface area contributed by atoms with E-state index in [1.165, 1.54) is 0 Å². The van der Waals surface area contributed by atoms with Crippen molar-refractivity contribution < 1.29 is 0 Å². The summed E-state index contributed by atoms with van der Waals surface area (Å²) in [6, 6.07) is 5.65. The Bertz CT molecular complexity index is 490. The number of nitrogens with zero attached hydrogens (tertiary/aromatic N) is 3. The van der Waals surface area contributed by atoms with Gasteiger partial charge in [-0.1, -0.05) is 25.4 Å². The molecule has 0 aliphatic carbocycles. The van der Waals surface area contributed by atoms with Crippen LogP contribution in [-0.4, -0.2) is 14.8 Å². The molecular weight excluding hydrogens is 289 g/mol. The van der Waals surface area contributed by atoms with Crippen LogP contribution in [0.15, 0.2) is 28.9 Å². The Labute approximate surface area is 108 Å². The molecule has 0 unspecified atom stereocenters. The van der Waals surface area contributed by atoms with Crippen molar-refractivity contribution in [3.8, 4) is 5.82 Å². The van der Waals surface area contributed by atoms with Gasteiger partial charge in [-0.3, -0.25) is 0 Å². The van der Waals surface area contributed by atoms with Crippen LogP contribution in [0.1, 0.15) is 25.5 Å². The normalized spacial score (nSPS) is 11.1. The van der Waals surface area contributed by atoms with Gasteiger partial charge in [0.05, 0.1) is 5.69 Å². The Morgan fingerprint density at radius 3 is 2.62 bits per heavy atom. The first-order chi connectivity index (χ1) is 7.58. The first-order valence-electron chi connectivity index (χ1n) is 4.95. The summed E-state index contributed by atoms with van der Waals surface area (Å²) in [4.78, 5) is 4.25. The molecule has 2 rings (SSSR count). The van der Waals surface area contributed by atoms with Crippen LogP contribution in [0.2, 0.25) is 5.15 Å². The standard InChI is InChI=1S/C11H11BrClN3/c1-7(2)9-5-10(13)16(15-9)11-4-3-8(12)6-14-11/h3-7H,1-2H3. The molecule has 0 aromatic carbocycles. The van der Waals surface area contributed by atoms with E-state index >= 15 is 0 Å². The van der Waals surface area contributed by atoms with Gasteiger partial charge in [-0.05, 0) is 40.0 Å². The van der Waals surface area contributed by atoms with Gasteiger partial charge >= 0.3 is 0 Å². The highest BCUT2D eigenvalue weighted by Crippen LogP contribution is 2.21. The molecular formula is C11H11BrClN3. The van der Waals surface area contributed by atoms with Crippen LogP contribution >= 0.6 is 27.5 Å². The Balaban J connectivity index is 2.44. The van der Waals surface area contributed by atoms with Crippen LogP contribution in [0.25, 0.3) is 5.82 Å².